The van der Waals surface area contributed by atoms with Crippen molar-refractivity contribution in [2.24, 2.45) is 11.3 Å². The van der Waals surface area contributed by atoms with Gasteiger partial charge in [-0.05, 0) is 17.4 Å². The minimum atomic E-state index is -3.69. The first-order valence-corrected chi connectivity index (χ1v) is 9.85. The zero-order chi connectivity index (χ0) is 18.7. The lowest BCUT2D eigenvalue weighted by atomic mass is 9.99. The number of aliphatic hydroxyl groups is 1. The van der Waals surface area contributed by atoms with Crippen molar-refractivity contribution in [2.45, 2.75) is 44.5 Å². The summed E-state index contributed by atoms with van der Waals surface area (Å²) in [6, 6.07) is 10.4. The molecule has 1 saturated carbocycles. The smallest absolute Gasteiger partial charge is 0.270 e. The largest absolute Gasteiger partial charge is 0.394 e. The highest BCUT2D eigenvalue weighted by Gasteiger charge is 2.53. The van der Waals surface area contributed by atoms with Gasteiger partial charge in [0.1, 0.15) is 6.04 Å². The van der Waals surface area contributed by atoms with Gasteiger partial charge in [-0.15, -0.1) is 0 Å². The zero-order valence-corrected chi connectivity index (χ0v) is 15.7. The van der Waals surface area contributed by atoms with Crippen molar-refractivity contribution in [1.82, 2.24) is 5.32 Å². The highest BCUT2D eigenvalue weighted by Crippen LogP contribution is 2.41. The van der Waals surface area contributed by atoms with Crippen LogP contribution >= 0.6 is 0 Å². The molecule has 1 fully saturated rings. The highest BCUT2D eigenvalue weighted by atomic mass is 32.2. The van der Waals surface area contributed by atoms with Gasteiger partial charge in [0, 0.05) is 5.92 Å². The van der Waals surface area contributed by atoms with Crippen LogP contribution in [0.4, 0.5) is 0 Å². The second-order valence-corrected chi connectivity index (χ2v) is 9.50. The number of nitrogens with one attached hydrogen (secondary N) is 1. The van der Waals surface area contributed by atoms with Gasteiger partial charge in [0.05, 0.1) is 30.6 Å². The maximum Gasteiger partial charge on any atom is 0.270 e. The second kappa shape index (κ2) is 7.83. The molecule has 0 spiro atoms. The van der Waals surface area contributed by atoms with Crippen LogP contribution in [-0.4, -0.2) is 38.0 Å². The van der Waals surface area contributed by atoms with Crippen molar-refractivity contribution >= 4 is 10.1 Å². The number of benzene rings is 1. The fourth-order valence-corrected chi connectivity index (χ4v) is 4.37. The predicted octanol–water partition coefficient (Wildman–Crippen LogP) is 1.98. The third-order valence-corrected chi connectivity index (χ3v) is 5.87. The highest BCUT2D eigenvalue weighted by molar-refractivity contribution is 7.87. The van der Waals surface area contributed by atoms with Crippen molar-refractivity contribution in [3.63, 3.8) is 0 Å². The molecular weight excluding hydrogens is 340 g/mol. The van der Waals surface area contributed by atoms with Crippen LogP contribution in [0.25, 0.3) is 0 Å². The van der Waals surface area contributed by atoms with E-state index in [4.69, 9.17) is 4.18 Å². The molecular formula is C18H26N2O4S. The first-order chi connectivity index (χ1) is 11.7. The number of hydrogen-bond donors (Lipinski definition) is 2. The van der Waals surface area contributed by atoms with E-state index in [1.165, 1.54) is 0 Å². The molecule has 1 aliphatic carbocycles. The summed E-state index contributed by atoms with van der Waals surface area (Å²) in [5, 5.41) is 21.5. The first kappa shape index (κ1) is 19.9. The molecule has 25 heavy (non-hydrogen) atoms. The van der Waals surface area contributed by atoms with Crippen LogP contribution in [0.1, 0.15) is 38.8 Å². The van der Waals surface area contributed by atoms with Gasteiger partial charge in [-0.3, -0.25) is 9.50 Å². The van der Waals surface area contributed by atoms with E-state index in [9.17, 15) is 18.8 Å². The monoisotopic (exact) mass is 366 g/mol. The topological polar surface area (TPSA) is 99.4 Å². The summed E-state index contributed by atoms with van der Waals surface area (Å²) in [4.78, 5) is 0. The van der Waals surface area contributed by atoms with Crippen molar-refractivity contribution in [1.29, 1.82) is 5.26 Å². The fourth-order valence-electron chi connectivity index (χ4n) is 2.63. The van der Waals surface area contributed by atoms with Crippen molar-refractivity contribution in [3.8, 4) is 6.07 Å². The molecule has 1 aromatic carbocycles. The van der Waals surface area contributed by atoms with E-state index in [0.717, 1.165) is 5.56 Å². The molecule has 0 unspecified atom stereocenters. The minimum Gasteiger partial charge on any atom is -0.394 e. The summed E-state index contributed by atoms with van der Waals surface area (Å²) in [6.07, 6.45) is 0.393. The third kappa shape index (κ3) is 5.51. The molecule has 0 radical (unpaired) electrons. The molecule has 1 aliphatic rings. The van der Waals surface area contributed by atoms with E-state index < -0.39 is 27.5 Å². The van der Waals surface area contributed by atoms with Crippen LogP contribution in [0, 0.1) is 22.7 Å². The van der Waals surface area contributed by atoms with Crippen LogP contribution in [0.5, 0.6) is 0 Å². The van der Waals surface area contributed by atoms with E-state index in [2.05, 4.69) is 11.4 Å². The third-order valence-electron chi connectivity index (χ3n) is 4.14. The average molecular weight is 366 g/mol. The summed E-state index contributed by atoms with van der Waals surface area (Å²) < 4.78 is 29.7. The lowest BCUT2D eigenvalue weighted by molar-refractivity contribution is 0.202. The van der Waals surface area contributed by atoms with Gasteiger partial charge in [0.25, 0.3) is 10.1 Å². The van der Waals surface area contributed by atoms with Crippen molar-refractivity contribution in [2.75, 3.05) is 13.2 Å². The SMILES string of the molecule is CC(C)(C)COS(=O)(=O)[C@@H]1C[C@@H]1[C@@H](C#N)N[C@@H](CO)c1ccccc1. The lowest BCUT2D eigenvalue weighted by Gasteiger charge is -2.21. The number of rotatable bonds is 8. The summed E-state index contributed by atoms with van der Waals surface area (Å²) >= 11 is 0. The molecule has 0 bridgehead atoms. The molecule has 138 valence electrons. The summed E-state index contributed by atoms with van der Waals surface area (Å²) in [5.74, 6) is -0.326. The van der Waals surface area contributed by atoms with Crippen molar-refractivity contribution in [3.05, 3.63) is 35.9 Å². The Bertz CT molecular complexity index is 707. The van der Waals surface area contributed by atoms with Gasteiger partial charge in [-0.25, -0.2) is 0 Å². The molecule has 0 aliphatic heterocycles. The van der Waals surface area contributed by atoms with Crippen LogP contribution in [0.3, 0.4) is 0 Å². The van der Waals surface area contributed by atoms with Crippen LogP contribution in [-0.2, 0) is 14.3 Å². The van der Waals surface area contributed by atoms with Gasteiger partial charge < -0.3 is 5.11 Å². The molecule has 0 heterocycles. The Hall–Kier alpha value is -1.46. The molecule has 2 N–H and O–H groups in total. The molecule has 7 heteroatoms. The number of hydrogen-bond acceptors (Lipinski definition) is 6. The average Bonchev–Trinajstić information content (AvgIpc) is 3.36. The number of nitriles is 1. The van der Waals surface area contributed by atoms with Gasteiger partial charge >= 0.3 is 0 Å². The summed E-state index contributed by atoms with van der Waals surface area (Å²) in [6.45, 7) is 5.65. The predicted molar refractivity (Wildman–Crippen MR) is 95.0 cm³/mol. The Morgan fingerprint density at radius 2 is 2.00 bits per heavy atom. The Morgan fingerprint density at radius 3 is 2.52 bits per heavy atom. The molecule has 0 aromatic heterocycles. The second-order valence-electron chi connectivity index (χ2n) is 7.67. The van der Waals surface area contributed by atoms with Crippen LogP contribution in [0.15, 0.2) is 30.3 Å². The fraction of sp³-hybridized carbons (Fsp3) is 0.611. The van der Waals surface area contributed by atoms with E-state index in [1.54, 1.807) is 0 Å². The molecule has 4 atom stereocenters. The Labute approximate surface area is 149 Å². The standard InChI is InChI=1S/C18H26N2O4S/c1-18(2,3)12-24-25(22,23)17-9-14(17)15(10-19)20-16(11-21)13-7-5-4-6-8-13/h4-8,14-17,20-21H,9,11-12H2,1-3H3/t14-,15-,16+,17-/m1/s1. The minimum absolute atomic E-state index is 0.118. The Kier molecular flexibility index (Phi) is 6.22. The van der Waals surface area contributed by atoms with E-state index >= 15 is 0 Å². The van der Waals surface area contributed by atoms with Gasteiger partial charge in [-0.1, -0.05) is 51.1 Å². The van der Waals surface area contributed by atoms with Crippen LogP contribution in [0.2, 0.25) is 0 Å². The van der Waals surface area contributed by atoms with E-state index in [-0.39, 0.29) is 24.5 Å². The number of aliphatic hydroxyl groups excluding tert-OH is 1. The summed E-state index contributed by atoms with van der Waals surface area (Å²) in [5.41, 5.74) is 0.605. The maximum absolute atomic E-state index is 12.3. The maximum atomic E-state index is 12.3. The quantitative estimate of drug-likeness (QED) is 0.683. The molecule has 0 saturated heterocycles. The van der Waals surface area contributed by atoms with Crippen LogP contribution < -0.4 is 5.32 Å². The Balaban J connectivity index is 2.00. The van der Waals surface area contributed by atoms with E-state index in [0.29, 0.717) is 6.42 Å². The number of nitrogens with zero attached hydrogens (tertiary/aromatic N) is 1. The molecule has 2 rings (SSSR count). The zero-order valence-electron chi connectivity index (χ0n) is 14.8. The molecule has 1 aromatic rings. The van der Waals surface area contributed by atoms with Crippen molar-refractivity contribution < 1.29 is 17.7 Å². The van der Waals surface area contributed by atoms with Gasteiger partial charge in [0.15, 0.2) is 0 Å². The van der Waals surface area contributed by atoms with Gasteiger partial charge in [-0.2, -0.15) is 13.7 Å². The summed E-state index contributed by atoms with van der Waals surface area (Å²) in [7, 11) is -3.69. The first-order valence-electron chi connectivity index (χ1n) is 8.37. The van der Waals surface area contributed by atoms with E-state index in [1.807, 2.05) is 51.1 Å². The normalized spacial score (nSPS) is 22.8. The molecule has 0 amide bonds. The lowest BCUT2D eigenvalue weighted by Crippen LogP contribution is -2.37. The van der Waals surface area contributed by atoms with Gasteiger partial charge in [0.2, 0.25) is 0 Å². The molecule has 6 nitrogen and oxygen atoms in total. The Morgan fingerprint density at radius 1 is 1.36 bits per heavy atom.